The average Bonchev–Trinajstić information content (AvgIpc) is 2.70. The Morgan fingerprint density at radius 3 is 1.00 bits per heavy atom. The van der Waals surface area contributed by atoms with E-state index in [-0.39, 0.29) is 81.7 Å². The first-order chi connectivity index (χ1) is 12.5. The molecule has 0 aromatic heterocycles. The minimum Gasteiger partial charge on any atom is -0.493 e. The van der Waals surface area contributed by atoms with Crippen molar-refractivity contribution >= 4 is 0 Å². The quantitative estimate of drug-likeness (QED) is 0.268. The first kappa shape index (κ1) is 83.4. The zero-order valence-electron chi connectivity index (χ0n) is 19.3. The van der Waals surface area contributed by atoms with E-state index < -0.39 is 0 Å². The molecule has 0 fully saturated rings. The molecule has 1 rings (SSSR count). The number of unbranched alkanes of at least 4 members (excludes halogenated alkanes) is 4. The molecule has 0 spiro atoms. The van der Waals surface area contributed by atoms with Gasteiger partial charge in [0.2, 0.25) is 0 Å². The van der Waals surface area contributed by atoms with E-state index in [0.717, 1.165) is 12.4 Å². The van der Waals surface area contributed by atoms with Gasteiger partial charge in [-0.25, -0.2) is 0 Å². The second-order valence-electron chi connectivity index (χ2n) is 7.37. The molecule has 242 valence electrons. The van der Waals surface area contributed by atoms with Gasteiger partial charge in [-0.2, -0.15) is 0 Å². The molecule has 1 aromatic carbocycles. The molecule has 1 heteroatoms. The SMILES string of the molecule is C.C.C.C.C.C.C.C.C.C.C.CCC(CC)(CC)COc1ccc(C)cc1.CCCC.CCCCCC. The van der Waals surface area contributed by atoms with Crippen LogP contribution in [0.4, 0.5) is 0 Å². The Hall–Kier alpha value is -0.980. The van der Waals surface area contributed by atoms with Crippen LogP contribution in [0.1, 0.15) is 194 Å². The summed E-state index contributed by atoms with van der Waals surface area (Å²) in [7, 11) is 0. The summed E-state index contributed by atoms with van der Waals surface area (Å²) in [5, 5.41) is 0. The van der Waals surface area contributed by atoms with Gasteiger partial charge in [0.1, 0.15) is 5.75 Å². The fourth-order valence-electron chi connectivity index (χ4n) is 2.43. The Balaban J connectivity index is -0.0000000221. The van der Waals surface area contributed by atoms with Crippen LogP contribution < -0.4 is 4.74 Å². The number of hydrogen-bond acceptors (Lipinski definition) is 1. The van der Waals surface area contributed by atoms with Crippen LogP contribution in [0.25, 0.3) is 0 Å². The Labute approximate surface area is 247 Å². The zero-order chi connectivity index (χ0) is 20.3. The molecule has 0 aliphatic heterocycles. The van der Waals surface area contributed by atoms with Crippen LogP contribution in [-0.4, -0.2) is 6.61 Å². The second-order valence-corrected chi connectivity index (χ2v) is 7.37. The van der Waals surface area contributed by atoms with Crippen LogP contribution in [0.3, 0.4) is 0 Å². The zero-order valence-corrected chi connectivity index (χ0v) is 19.3. The molecular formula is C36H92O. The van der Waals surface area contributed by atoms with Crippen LogP contribution >= 0.6 is 0 Å². The Morgan fingerprint density at radius 2 is 0.784 bits per heavy atom. The number of benzene rings is 1. The van der Waals surface area contributed by atoms with Crippen LogP contribution in [-0.2, 0) is 0 Å². The van der Waals surface area contributed by atoms with Crippen molar-refractivity contribution in [2.24, 2.45) is 5.41 Å². The van der Waals surface area contributed by atoms with E-state index in [9.17, 15) is 0 Å². The van der Waals surface area contributed by atoms with Gasteiger partial charge in [-0.3, -0.25) is 0 Å². The van der Waals surface area contributed by atoms with Crippen molar-refractivity contribution in [3.8, 4) is 5.75 Å². The third-order valence-electron chi connectivity index (χ3n) is 5.27. The van der Waals surface area contributed by atoms with Crippen molar-refractivity contribution in [1.29, 1.82) is 0 Å². The summed E-state index contributed by atoms with van der Waals surface area (Å²) in [6.07, 6.45) is 11.7. The van der Waals surface area contributed by atoms with Crippen molar-refractivity contribution in [2.75, 3.05) is 6.61 Å². The van der Waals surface area contributed by atoms with Gasteiger partial charge in [-0.05, 0) is 38.3 Å². The van der Waals surface area contributed by atoms with Crippen molar-refractivity contribution in [1.82, 2.24) is 0 Å². The van der Waals surface area contributed by atoms with Crippen LogP contribution in [0.2, 0.25) is 0 Å². The third-order valence-corrected chi connectivity index (χ3v) is 5.27. The van der Waals surface area contributed by atoms with Crippen molar-refractivity contribution in [3.05, 3.63) is 29.8 Å². The molecule has 1 nitrogen and oxygen atoms in total. The van der Waals surface area contributed by atoms with E-state index in [1.165, 1.54) is 63.4 Å². The van der Waals surface area contributed by atoms with Crippen LogP contribution in [0, 0.1) is 12.3 Å². The summed E-state index contributed by atoms with van der Waals surface area (Å²) >= 11 is 0. The summed E-state index contributed by atoms with van der Waals surface area (Å²) in [4.78, 5) is 0. The van der Waals surface area contributed by atoms with E-state index in [1.807, 2.05) is 0 Å². The highest BCUT2D eigenvalue weighted by Gasteiger charge is 2.24. The predicted octanol–water partition coefficient (Wildman–Crippen LogP) is 16.0. The van der Waals surface area contributed by atoms with Crippen LogP contribution in [0.15, 0.2) is 24.3 Å². The minimum absolute atomic E-state index is 0. The molecule has 1 aromatic rings. The van der Waals surface area contributed by atoms with Gasteiger partial charge in [-0.1, -0.05) is 186 Å². The fourth-order valence-corrected chi connectivity index (χ4v) is 2.43. The highest BCUT2D eigenvalue weighted by molar-refractivity contribution is 5.26. The molecule has 0 aliphatic carbocycles. The molecule has 37 heavy (non-hydrogen) atoms. The van der Waals surface area contributed by atoms with Crippen molar-refractivity contribution in [3.63, 3.8) is 0 Å². The number of ether oxygens (including phenoxy) is 1. The van der Waals surface area contributed by atoms with Gasteiger partial charge in [-0.15, -0.1) is 0 Å². The standard InChI is InChI=1S/C15H24O.C6H14.C4H10.11CH4/c1-5-15(6-2,7-3)12-16-14-10-8-13(4)9-11-14;1-3-5-6-4-2;1-3-4-2;;;;;;;;;;;/h8-11H,5-7,12H2,1-4H3;3-6H2,1-2H3;3-4H2,1-2H3;11*1H4. The van der Waals surface area contributed by atoms with Crippen molar-refractivity contribution in [2.45, 2.75) is 195 Å². The van der Waals surface area contributed by atoms with E-state index in [1.54, 1.807) is 0 Å². The largest absolute Gasteiger partial charge is 0.493 e. The van der Waals surface area contributed by atoms with E-state index >= 15 is 0 Å². The highest BCUT2D eigenvalue weighted by atomic mass is 16.5. The monoisotopic (exact) mass is 541 g/mol. The maximum atomic E-state index is 5.90. The molecule has 0 saturated heterocycles. The van der Waals surface area contributed by atoms with E-state index in [4.69, 9.17) is 4.74 Å². The average molecular weight is 541 g/mol. The lowest BCUT2D eigenvalue weighted by Crippen LogP contribution is -2.26. The summed E-state index contributed by atoms with van der Waals surface area (Å²) in [5.74, 6) is 0.991. The first-order valence-electron chi connectivity index (χ1n) is 11.2. The topological polar surface area (TPSA) is 9.23 Å². The maximum absolute atomic E-state index is 5.90. The summed E-state index contributed by atoms with van der Waals surface area (Å²) in [6, 6.07) is 8.31. The fraction of sp³-hybridized carbons (Fsp3) is 0.833. The lowest BCUT2D eigenvalue weighted by atomic mass is 9.81. The molecule has 0 radical (unpaired) electrons. The third kappa shape index (κ3) is 48.6. The van der Waals surface area contributed by atoms with Crippen LogP contribution in [0.5, 0.6) is 5.75 Å². The van der Waals surface area contributed by atoms with Gasteiger partial charge < -0.3 is 4.74 Å². The minimum atomic E-state index is 0. The molecule has 0 unspecified atom stereocenters. The van der Waals surface area contributed by atoms with Gasteiger partial charge in [0.15, 0.2) is 0 Å². The normalized spacial score (nSPS) is 7.24. The molecule has 0 bridgehead atoms. The Kier molecular flexibility index (Phi) is 135. The summed E-state index contributed by atoms with van der Waals surface area (Å²) < 4.78 is 5.90. The number of aryl methyl sites for hydroxylation is 1. The predicted molar refractivity (Wildman–Crippen MR) is 194 cm³/mol. The Bertz CT molecular complexity index is 362. The van der Waals surface area contributed by atoms with E-state index in [2.05, 4.69) is 79.7 Å². The molecule has 0 amide bonds. The van der Waals surface area contributed by atoms with Gasteiger partial charge in [0, 0.05) is 5.41 Å². The second kappa shape index (κ2) is 59.9. The maximum Gasteiger partial charge on any atom is 0.119 e. The smallest absolute Gasteiger partial charge is 0.119 e. The molecule has 0 N–H and O–H groups in total. The van der Waals surface area contributed by atoms with Crippen molar-refractivity contribution < 1.29 is 4.74 Å². The lowest BCUT2D eigenvalue weighted by Gasteiger charge is -2.30. The molecule has 0 aliphatic rings. The lowest BCUT2D eigenvalue weighted by molar-refractivity contribution is 0.128. The first-order valence-corrected chi connectivity index (χ1v) is 11.2. The molecule has 0 atom stereocenters. The molecule has 0 saturated carbocycles. The Morgan fingerprint density at radius 1 is 0.486 bits per heavy atom. The van der Waals surface area contributed by atoms with Gasteiger partial charge in [0.25, 0.3) is 0 Å². The number of rotatable bonds is 10. The number of hydrogen-bond donors (Lipinski definition) is 0. The summed E-state index contributed by atoms with van der Waals surface area (Å²) in [6.45, 7) is 18.5. The molecular weight excluding hydrogens is 448 g/mol. The van der Waals surface area contributed by atoms with Gasteiger partial charge in [0.05, 0.1) is 6.61 Å². The highest BCUT2D eigenvalue weighted by Crippen LogP contribution is 2.31. The van der Waals surface area contributed by atoms with Gasteiger partial charge >= 0.3 is 0 Å². The van der Waals surface area contributed by atoms with E-state index in [0.29, 0.717) is 5.41 Å². The molecule has 0 heterocycles. The summed E-state index contributed by atoms with van der Waals surface area (Å²) in [5.41, 5.74) is 1.63.